The smallest absolute Gasteiger partial charge is 0.406 e. The van der Waals surface area contributed by atoms with Gasteiger partial charge >= 0.3 is 6.36 Å². The van der Waals surface area contributed by atoms with Gasteiger partial charge in [0.25, 0.3) is 0 Å². The summed E-state index contributed by atoms with van der Waals surface area (Å²) in [5.74, 6) is 6.89. The molecule has 2 aromatic rings. The number of nitrogens with two attached hydrogens (primary N) is 1. The van der Waals surface area contributed by atoms with E-state index in [1.807, 2.05) is 20.8 Å². The van der Waals surface area contributed by atoms with Crippen molar-refractivity contribution in [3.8, 4) is 5.75 Å². The number of ether oxygens (including phenoxy) is 1. The lowest BCUT2D eigenvalue weighted by Crippen LogP contribution is -2.24. The average Bonchev–Trinajstić information content (AvgIpc) is 2.77. The topological polar surface area (TPSA) is 66.0 Å². The van der Waals surface area contributed by atoms with E-state index in [1.165, 1.54) is 28.6 Å². The maximum Gasteiger partial charge on any atom is 0.573 e. The Bertz CT molecular complexity index is 662. The van der Waals surface area contributed by atoms with Crippen molar-refractivity contribution in [2.24, 2.45) is 0 Å². The highest BCUT2D eigenvalue weighted by atomic mass is 32.2. The molecule has 1 heterocycles. The van der Waals surface area contributed by atoms with Gasteiger partial charge in [-0.05, 0) is 17.7 Å². The second-order valence-corrected chi connectivity index (χ2v) is 6.85. The van der Waals surface area contributed by atoms with E-state index < -0.39 is 6.36 Å². The fourth-order valence-corrected chi connectivity index (χ4v) is 2.63. The van der Waals surface area contributed by atoms with Crippen LogP contribution in [-0.4, -0.2) is 21.2 Å². The van der Waals surface area contributed by atoms with E-state index in [9.17, 15) is 13.2 Å². The first-order chi connectivity index (χ1) is 10.6. The molecule has 0 aliphatic heterocycles. The summed E-state index contributed by atoms with van der Waals surface area (Å²) < 4.78 is 41.6. The maximum absolute atomic E-state index is 12.1. The summed E-state index contributed by atoms with van der Waals surface area (Å²) in [4.78, 5) is 0. The monoisotopic (exact) mass is 346 g/mol. The SMILES string of the molecule is CC(C)(C)c1nnc(SCc2ccc(OC(F)(F)F)cc2)n1N. The van der Waals surface area contributed by atoms with Crippen LogP contribution in [0.15, 0.2) is 29.4 Å². The maximum atomic E-state index is 12.1. The van der Waals surface area contributed by atoms with Gasteiger partial charge in [0.1, 0.15) is 5.75 Å². The summed E-state index contributed by atoms with van der Waals surface area (Å²) in [6, 6.07) is 5.68. The van der Waals surface area contributed by atoms with Crippen molar-refractivity contribution in [2.75, 3.05) is 5.84 Å². The van der Waals surface area contributed by atoms with Gasteiger partial charge in [0.05, 0.1) is 0 Å². The minimum absolute atomic E-state index is 0.225. The van der Waals surface area contributed by atoms with E-state index >= 15 is 0 Å². The number of nitrogens with zero attached hydrogens (tertiary/aromatic N) is 3. The van der Waals surface area contributed by atoms with Gasteiger partial charge in [0, 0.05) is 11.2 Å². The van der Waals surface area contributed by atoms with Crippen LogP contribution in [0.1, 0.15) is 32.2 Å². The molecule has 126 valence electrons. The van der Waals surface area contributed by atoms with Crippen molar-refractivity contribution < 1.29 is 17.9 Å². The van der Waals surface area contributed by atoms with Crippen molar-refractivity contribution in [2.45, 2.75) is 43.5 Å². The summed E-state index contributed by atoms with van der Waals surface area (Å²) in [7, 11) is 0. The second-order valence-electron chi connectivity index (χ2n) is 5.91. The van der Waals surface area contributed by atoms with Gasteiger partial charge in [-0.25, -0.2) is 4.68 Å². The van der Waals surface area contributed by atoms with Gasteiger partial charge < -0.3 is 10.6 Å². The molecule has 0 amide bonds. The van der Waals surface area contributed by atoms with Gasteiger partial charge in [-0.2, -0.15) is 0 Å². The molecule has 1 aromatic heterocycles. The molecular formula is C14H17F3N4OS. The van der Waals surface area contributed by atoms with Crippen LogP contribution in [0, 0.1) is 0 Å². The van der Waals surface area contributed by atoms with Crippen LogP contribution in [0.2, 0.25) is 0 Å². The van der Waals surface area contributed by atoms with E-state index in [2.05, 4.69) is 14.9 Å². The normalized spacial score (nSPS) is 12.4. The molecule has 0 bridgehead atoms. The third-order valence-corrected chi connectivity index (χ3v) is 3.87. The molecule has 23 heavy (non-hydrogen) atoms. The van der Waals surface area contributed by atoms with E-state index in [0.29, 0.717) is 16.7 Å². The van der Waals surface area contributed by atoms with Crippen LogP contribution in [0.5, 0.6) is 5.75 Å². The van der Waals surface area contributed by atoms with Gasteiger partial charge in [-0.1, -0.05) is 44.7 Å². The summed E-state index contributed by atoms with van der Waals surface area (Å²) in [6.07, 6.45) is -4.68. The van der Waals surface area contributed by atoms with Crippen LogP contribution in [-0.2, 0) is 11.2 Å². The Kier molecular flexibility index (Phi) is 4.79. The van der Waals surface area contributed by atoms with Gasteiger partial charge in [0.15, 0.2) is 5.82 Å². The molecule has 2 N–H and O–H groups in total. The largest absolute Gasteiger partial charge is 0.573 e. The molecule has 0 aliphatic rings. The van der Waals surface area contributed by atoms with E-state index in [0.717, 1.165) is 5.56 Å². The van der Waals surface area contributed by atoms with E-state index in [4.69, 9.17) is 5.84 Å². The number of hydrogen-bond donors (Lipinski definition) is 1. The lowest BCUT2D eigenvalue weighted by atomic mass is 9.96. The zero-order valence-corrected chi connectivity index (χ0v) is 13.7. The Morgan fingerprint density at radius 1 is 1.13 bits per heavy atom. The molecule has 0 aliphatic carbocycles. The highest BCUT2D eigenvalue weighted by Gasteiger charge is 2.31. The molecule has 2 rings (SSSR count). The Morgan fingerprint density at radius 3 is 2.22 bits per heavy atom. The van der Waals surface area contributed by atoms with Crippen molar-refractivity contribution in [1.82, 2.24) is 14.9 Å². The molecule has 0 fully saturated rings. The van der Waals surface area contributed by atoms with Crippen LogP contribution in [0.4, 0.5) is 13.2 Å². The zero-order valence-electron chi connectivity index (χ0n) is 12.9. The van der Waals surface area contributed by atoms with E-state index in [-0.39, 0.29) is 11.2 Å². The first kappa shape index (κ1) is 17.5. The number of benzene rings is 1. The number of nitrogen functional groups attached to an aromatic ring is 1. The number of aromatic nitrogens is 3. The Balaban J connectivity index is 2.00. The average molecular weight is 346 g/mol. The molecule has 0 radical (unpaired) electrons. The first-order valence-corrected chi connectivity index (χ1v) is 7.73. The van der Waals surface area contributed by atoms with Crippen molar-refractivity contribution in [3.05, 3.63) is 35.7 Å². The Morgan fingerprint density at radius 2 is 1.74 bits per heavy atom. The molecule has 9 heteroatoms. The van der Waals surface area contributed by atoms with Gasteiger partial charge in [0.2, 0.25) is 5.16 Å². The van der Waals surface area contributed by atoms with Crippen molar-refractivity contribution in [1.29, 1.82) is 0 Å². The van der Waals surface area contributed by atoms with Crippen molar-refractivity contribution >= 4 is 11.8 Å². The van der Waals surface area contributed by atoms with Crippen LogP contribution in [0.3, 0.4) is 0 Å². The molecule has 0 atom stereocenters. The van der Waals surface area contributed by atoms with Gasteiger partial charge in [-0.3, -0.25) is 0 Å². The number of rotatable bonds is 4. The lowest BCUT2D eigenvalue weighted by molar-refractivity contribution is -0.274. The molecular weight excluding hydrogens is 329 g/mol. The summed E-state index contributed by atoms with van der Waals surface area (Å²) in [6.45, 7) is 5.94. The minimum atomic E-state index is -4.68. The standard InChI is InChI=1S/C14H17F3N4OS/c1-13(2,3)11-19-20-12(21(11)18)23-8-9-4-6-10(7-5-9)22-14(15,16)17/h4-7H,8,18H2,1-3H3. The van der Waals surface area contributed by atoms with Crippen LogP contribution in [0.25, 0.3) is 0 Å². The first-order valence-electron chi connectivity index (χ1n) is 6.75. The van der Waals surface area contributed by atoms with Crippen molar-refractivity contribution in [3.63, 3.8) is 0 Å². The Labute approximate surface area is 136 Å². The fourth-order valence-electron chi connectivity index (χ4n) is 1.82. The lowest BCUT2D eigenvalue weighted by Gasteiger charge is -2.16. The molecule has 1 aromatic carbocycles. The third kappa shape index (κ3) is 4.78. The number of halogens is 3. The quantitative estimate of drug-likeness (QED) is 0.678. The Hall–Kier alpha value is -1.90. The number of alkyl halides is 3. The molecule has 0 unspecified atom stereocenters. The minimum Gasteiger partial charge on any atom is -0.406 e. The molecule has 0 saturated heterocycles. The third-order valence-electron chi connectivity index (χ3n) is 2.86. The summed E-state index contributed by atoms with van der Waals surface area (Å²) in [5.41, 5.74) is 0.599. The number of thioether (sulfide) groups is 1. The predicted octanol–water partition coefficient (Wildman–Crippen LogP) is 3.48. The van der Waals surface area contributed by atoms with Crippen LogP contribution >= 0.6 is 11.8 Å². The van der Waals surface area contributed by atoms with Gasteiger partial charge in [-0.15, -0.1) is 23.4 Å². The van der Waals surface area contributed by atoms with Crippen LogP contribution < -0.4 is 10.6 Å². The second kappa shape index (κ2) is 6.31. The molecule has 0 saturated carbocycles. The number of hydrogen-bond acceptors (Lipinski definition) is 5. The summed E-state index contributed by atoms with van der Waals surface area (Å²) >= 11 is 1.36. The fraction of sp³-hybridized carbons (Fsp3) is 0.429. The van der Waals surface area contributed by atoms with E-state index in [1.54, 1.807) is 12.1 Å². The predicted molar refractivity (Wildman–Crippen MR) is 81.6 cm³/mol. The molecule has 5 nitrogen and oxygen atoms in total. The zero-order chi connectivity index (χ0) is 17.3. The highest BCUT2D eigenvalue weighted by Crippen LogP contribution is 2.27. The summed E-state index contributed by atoms with van der Waals surface area (Å²) in [5, 5.41) is 8.66. The highest BCUT2D eigenvalue weighted by molar-refractivity contribution is 7.98. The molecule has 0 spiro atoms.